The summed E-state index contributed by atoms with van der Waals surface area (Å²) in [6.07, 6.45) is 0. The number of hydrogen-bond acceptors (Lipinski definition) is 1. The van der Waals surface area contributed by atoms with Crippen molar-refractivity contribution in [3.05, 3.63) is 289 Å². The largest absolute Gasteiger partial charge is 0.292 e. The minimum absolute atomic E-state index is 0.374. The maximum atomic E-state index is 5.28. The van der Waals surface area contributed by atoms with Crippen LogP contribution >= 0.6 is 0 Å². The highest BCUT2D eigenvalue weighted by Crippen LogP contribution is 2.63. The summed E-state index contributed by atoms with van der Waals surface area (Å²) >= 11 is 0. The van der Waals surface area contributed by atoms with Crippen molar-refractivity contribution < 1.29 is 0 Å². The fraction of sp³-hybridized carbons (Fsp3) is 0.0143. The van der Waals surface area contributed by atoms with E-state index < -0.39 is 0 Å². The van der Waals surface area contributed by atoms with E-state index in [0.717, 1.165) is 33.7 Å². The molecule has 0 radical (unpaired) electrons. The van der Waals surface area contributed by atoms with E-state index in [1.165, 1.54) is 105 Å². The second kappa shape index (κ2) is 15.8. The Morgan fingerprint density at radius 3 is 1.21 bits per heavy atom. The number of benzene rings is 12. The molecule has 2 aliphatic carbocycles. The SMILES string of the molecule is c1ccc(-c2ccc3c(c2)nc(-c2ccccc2)n3-c2ccc(-c3c4ccccc4c(-c4ccc(-c5ccc6c(c5)C5(c7ccccc7-c7ccccc75)c5ccccc5-6)cc4)c4ccccc34)cc2)cc1. The topological polar surface area (TPSA) is 17.8 Å². The molecule has 13 aromatic rings. The van der Waals surface area contributed by atoms with E-state index in [4.69, 9.17) is 4.98 Å². The summed E-state index contributed by atoms with van der Waals surface area (Å²) < 4.78 is 2.30. The van der Waals surface area contributed by atoms with Gasteiger partial charge in [0.1, 0.15) is 5.82 Å². The summed E-state index contributed by atoms with van der Waals surface area (Å²) in [5.41, 5.74) is 24.2. The zero-order chi connectivity index (χ0) is 47.3. The Bertz CT molecular complexity index is 4180. The van der Waals surface area contributed by atoms with Crippen LogP contribution in [0.5, 0.6) is 0 Å². The highest BCUT2D eigenvalue weighted by molar-refractivity contribution is 6.21. The lowest BCUT2D eigenvalue weighted by Crippen LogP contribution is -2.25. The van der Waals surface area contributed by atoms with Gasteiger partial charge in [0.15, 0.2) is 0 Å². The van der Waals surface area contributed by atoms with Crippen LogP contribution in [0.1, 0.15) is 22.3 Å². The molecule has 2 heteroatoms. The Kier molecular flexibility index (Phi) is 8.91. The zero-order valence-corrected chi connectivity index (χ0v) is 39.3. The van der Waals surface area contributed by atoms with Crippen LogP contribution in [0.25, 0.3) is 116 Å². The highest BCUT2D eigenvalue weighted by Gasteiger charge is 2.51. The summed E-state index contributed by atoms with van der Waals surface area (Å²) in [7, 11) is 0. The van der Waals surface area contributed by atoms with E-state index in [1.54, 1.807) is 0 Å². The summed E-state index contributed by atoms with van der Waals surface area (Å²) in [6.45, 7) is 0. The standard InChI is InChI=1S/C70H44N2/c1-3-17-45(18-4-1)51-38-42-66-65(44-51)71-69(49-19-5-2-6-20-49)72(66)52-39-35-48(36-40-52)68-59-26-9-7-24-57(59)67(58-25-8-10-27-60(58)68)47-33-31-46(32-34-47)50-37-41-56-55-23-13-16-30-63(55)70(64(56)43-50)61-28-14-11-21-53(61)54-22-12-15-29-62(54)70/h1-44H. The second-order valence-electron chi connectivity index (χ2n) is 19.3. The van der Waals surface area contributed by atoms with Crippen LogP contribution in [0.15, 0.2) is 267 Å². The van der Waals surface area contributed by atoms with Crippen LogP contribution in [0.4, 0.5) is 0 Å². The fourth-order valence-electron chi connectivity index (χ4n) is 12.6. The quantitative estimate of drug-likeness (QED) is 0.152. The van der Waals surface area contributed by atoms with Gasteiger partial charge in [-0.3, -0.25) is 4.57 Å². The van der Waals surface area contributed by atoms with Crippen molar-refractivity contribution in [3.8, 4) is 83.8 Å². The molecule has 0 bridgehead atoms. The first kappa shape index (κ1) is 40.5. The molecule has 0 aliphatic heterocycles. The van der Waals surface area contributed by atoms with Gasteiger partial charge in [-0.1, -0.05) is 237 Å². The average molecular weight is 913 g/mol. The van der Waals surface area contributed by atoms with Gasteiger partial charge < -0.3 is 0 Å². The number of fused-ring (bicyclic) bond motifs is 13. The normalized spacial score (nSPS) is 12.8. The molecule has 0 amide bonds. The molecule has 15 rings (SSSR count). The Hall–Kier alpha value is -9.37. The molecule has 0 unspecified atom stereocenters. The molecule has 1 aromatic heterocycles. The molecule has 2 aliphatic rings. The van der Waals surface area contributed by atoms with Crippen molar-refractivity contribution in [1.82, 2.24) is 9.55 Å². The molecule has 12 aromatic carbocycles. The van der Waals surface area contributed by atoms with Crippen molar-refractivity contribution >= 4 is 32.6 Å². The molecular weight excluding hydrogens is 869 g/mol. The van der Waals surface area contributed by atoms with E-state index in [0.29, 0.717) is 0 Å². The first-order valence-corrected chi connectivity index (χ1v) is 24.9. The van der Waals surface area contributed by atoms with E-state index in [-0.39, 0.29) is 5.41 Å². The number of nitrogens with zero attached hydrogens (tertiary/aromatic N) is 2. The van der Waals surface area contributed by atoms with Gasteiger partial charge in [-0.15, -0.1) is 0 Å². The highest BCUT2D eigenvalue weighted by atomic mass is 15.1. The van der Waals surface area contributed by atoms with Crippen LogP contribution < -0.4 is 0 Å². The van der Waals surface area contributed by atoms with Crippen molar-refractivity contribution in [1.29, 1.82) is 0 Å². The fourth-order valence-corrected chi connectivity index (χ4v) is 12.6. The lowest BCUT2D eigenvalue weighted by atomic mass is 9.70. The molecule has 2 nitrogen and oxygen atoms in total. The first-order valence-electron chi connectivity index (χ1n) is 24.9. The molecule has 72 heavy (non-hydrogen) atoms. The average Bonchev–Trinajstić information content (AvgIpc) is 4.10. The van der Waals surface area contributed by atoms with Gasteiger partial charge in [-0.25, -0.2) is 4.98 Å². The van der Waals surface area contributed by atoms with Crippen molar-refractivity contribution in [3.63, 3.8) is 0 Å². The van der Waals surface area contributed by atoms with Gasteiger partial charge in [0.2, 0.25) is 0 Å². The van der Waals surface area contributed by atoms with Crippen LogP contribution in [-0.2, 0) is 5.41 Å². The minimum atomic E-state index is -0.374. The zero-order valence-electron chi connectivity index (χ0n) is 39.3. The molecule has 334 valence electrons. The molecule has 1 heterocycles. The predicted octanol–water partition coefficient (Wildman–Crippen LogP) is 18.0. The van der Waals surface area contributed by atoms with Gasteiger partial charge in [0.25, 0.3) is 0 Å². The smallest absolute Gasteiger partial charge is 0.145 e. The Morgan fingerprint density at radius 1 is 0.278 bits per heavy atom. The predicted molar refractivity (Wildman–Crippen MR) is 300 cm³/mol. The van der Waals surface area contributed by atoms with Crippen molar-refractivity contribution in [2.24, 2.45) is 0 Å². The van der Waals surface area contributed by atoms with E-state index >= 15 is 0 Å². The third-order valence-electron chi connectivity index (χ3n) is 15.6. The van der Waals surface area contributed by atoms with Crippen molar-refractivity contribution in [2.75, 3.05) is 0 Å². The van der Waals surface area contributed by atoms with Gasteiger partial charge in [0.05, 0.1) is 16.4 Å². The first-order chi connectivity index (χ1) is 35.7. The van der Waals surface area contributed by atoms with Crippen LogP contribution in [0.3, 0.4) is 0 Å². The minimum Gasteiger partial charge on any atom is -0.292 e. The summed E-state index contributed by atoms with van der Waals surface area (Å²) in [4.78, 5) is 5.28. The van der Waals surface area contributed by atoms with Crippen LogP contribution in [0.2, 0.25) is 0 Å². The maximum Gasteiger partial charge on any atom is 0.145 e. The lowest BCUT2D eigenvalue weighted by molar-refractivity contribution is 0.794. The molecule has 0 fully saturated rings. The maximum absolute atomic E-state index is 5.28. The number of aromatic nitrogens is 2. The van der Waals surface area contributed by atoms with Gasteiger partial charge >= 0.3 is 0 Å². The number of rotatable bonds is 6. The summed E-state index contributed by atoms with van der Waals surface area (Å²) in [6, 6.07) is 98.3. The second-order valence-corrected chi connectivity index (χ2v) is 19.3. The Labute approximate surface area is 418 Å². The van der Waals surface area contributed by atoms with Crippen LogP contribution in [0, 0.1) is 0 Å². The molecule has 0 atom stereocenters. The summed E-state index contributed by atoms with van der Waals surface area (Å²) in [5.74, 6) is 0.922. The third-order valence-corrected chi connectivity index (χ3v) is 15.6. The Morgan fingerprint density at radius 2 is 0.667 bits per heavy atom. The van der Waals surface area contributed by atoms with E-state index in [2.05, 4.69) is 271 Å². The van der Waals surface area contributed by atoms with Crippen molar-refractivity contribution in [2.45, 2.75) is 5.41 Å². The van der Waals surface area contributed by atoms with Gasteiger partial charge in [-0.2, -0.15) is 0 Å². The third kappa shape index (κ3) is 5.87. The lowest BCUT2D eigenvalue weighted by Gasteiger charge is -2.30. The monoisotopic (exact) mass is 912 g/mol. The molecular formula is C70H44N2. The van der Waals surface area contributed by atoms with Crippen LogP contribution in [-0.4, -0.2) is 9.55 Å². The Balaban J connectivity index is 0.831. The van der Waals surface area contributed by atoms with E-state index in [1.807, 2.05) is 0 Å². The molecule has 0 N–H and O–H groups in total. The van der Waals surface area contributed by atoms with E-state index in [9.17, 15) is 0 Å². The molecule has 0 saturated carbocycles. The molecule has 0 saturated heterocycles. The van der Waals surface area contributed by atoms with Gasteiger partial charge in [0, 0.05) is 11.3 Å². The van der Waals surface area contributed by atoms with Gasteiger partial charge in [-0.05, 0) is 141 Å². The number of hydrogen-bond donors (Lipinski definition) is 0. The summed E-state index contributed by atoms with van der Waals surface area (Å²) in [5, 5.41) is 4.94. The number of imidazole rings is 1. The molecule has 1 spiro atoms.